The minimum Gasteiger partial charge on any atom is -0.503 e. The Hall–Kier alpha value is -3.55. The average Bonchev–Trinajstić information content (AvgIpc) is 2.87. The number of ketones is 1. The van der Waals surface area contributed by atoms with Crippen LogP contribution in [0.4, 0.5) is 5.69 Å². The number of aliphatic hydroxyl groups excluding tert-OH is 1. The first-order valence-electron chi connectivity index (χ1n) is 7.78. The molecule has 0 radical (unpaired) electrons. The van der Waals surface area contributed by atoms with Gasteiger partial charge in [-0.05, 0) is 36.2 Å². The number of hydrogen-bond donors (Lipinski definition) is 1. The molecule has 8 nitrogen and oxygen atoms in total. The van der Waals surface area contributed by atoms with E-state index in [-0.39, 0.29) is 17.8 Å². The predicted octanol–water partition coefficient (Wildman–Crippen LogP) is 2.47. The van der Waals surface area contributed by atoms with Crippen LogP contribution in [0.3, 0.4) is 0 Å². The van der Waals surface area contributed by atoms with Gasteiger partial charge < -0.3 is 10.0 Å². The number of Topliss-reactive ketones (excluding diaryl/α,β-unsaturated/α-hetero) is 1. The zero-order valence-corrected chi connectivity index (χ0v) is 13.8. The first-order valence-corrected chi connectivity index (χ1v) is 7.78. The summed E-state index contributed by atoms with van der Waals surface area (Å²) in [6.45, 7) is 1.40. The lowest BCUT2D eigenvalue weighted by atomic mass is 9.96. The third kappa shape index (κ3) is 3.04. The summed E-state index contributed by atoms with van der Waals surface area (Å²) < 4.78 is 0. The maximum atomic E-state index is 12.5. The lowest BCUT2D eigenvalue weighted by molar-refractivity contribution is -0.384. The Kier molecular flexibility index (Phi) is 4.49. The normalized spacial score (nSPS) is 16.9. The van der Waals surface area contributed by atoms with Gasteiger partial charge in [-0.2, -0.15) is 0 Å². The molecule has 2 heterocycles. The van der Waals surface area contributed by atoms with Crippen molar-refractivity contribution in [3.8, 4) is 0 Å². The van der Waals surface area contributed by atoms with Crippen LogP contribution in [0, 0.1) is 10.1 Å². The summed E-state index contributed by atoms with van der Waals surface area (Å²) in [4.78, 5) is 40.2. The van der Waals surface area contributed by atoms with Gasteiger partial charge in [0.15, 0.2) is 11.5 Å². The number of benzene rings is 1. The van der Waals surface area contributed by atoms with Crippen molar-refractivity contribution in [2.75, 3.05) is 0 Å². The second kappa shape index (κ2) is 6.75. The zero-order chi connectivity index (χ0) is 18.8. The van der Waals surface area contributed by atoms with Crippen molar-refractivity contribution < 1.29 is 19.6 Å². The van der Waals surface area contributed by atoms with E-state index in [0.29, 0.717) is 5.56 Å². The summed E-state index contributed by atoms with van der Waals surface area (Å²) in [6, 6.07) is 8.24. The molecule has 0 aliphatic carbocycles. The fourth-order valence-corrected chi connectivity index (χ4v) is 2.99. The number of nitro groups is 1. The second-order valence-corrected chi connectivity index (χ2v) is 5.86. The monoisotopic (exact) mass is 353 g/mol. The molecular weight excluding hydrogens is 338 g/mol. The van der Waals surface area contributed by atoms with Gasteiger partial charge in [0.25, 0.3) is 11.6 Å². The van der Waals surface area contributed by atoms with Crippen LogP contribution < -0.4 is 0 Å². The molecule has 0 saturated heterocycles. The molecule has 1 aliphatic heterocycles. The van der Waals surface area contributed by atoms with E-state index in [1.807, 2.05) is 0 Å². The highest BCUT2D eigenvalue weighted by molar-refractivity contribution is 6.08. The van der Waals surface area contributed by atoms with E-state index in [2.05, 4.69) is 4.98 Å². The lowest BCUT2D eigenvalue weighted by Gasteiger charge is -2.26. The summed E-state index contributed by atoms with van der Waals surface area (Å²) in [5.74, 6) is -1.69. The Morgan fingerprint density at radius 1 is 1.31 bits per heavy atom. The molecular formula is C18H15N3O5. The minimum atomic E-state index is -0.819. The quantitative estimate of drug-likeness (QED) is 0.652. The van der Waals surface area contributed by atoms with Crippen molar-refractivity contribution in [3.05, 3.63) is 81.4 Å². The molecule has 1 unspecified atom stereocenters. The molecule has 2 aromatic rings. The molecule has 3 rings (SSSR count). The van der Waals surface area contributed by atoms with Crippen LogP contribution >= 0.6 is 0 Å². The van der Waals surface area contributed by atoms with Gasteiger partial charge in [0.05, 0.1) is 16.5 Å². The molecule has 1 aliphatic rings. The molecule has 8 heteroatoms. The van der Waals surface area contributed by atoms with Crippen molar-refractivity contribution in [1.29, 1.82) is 0 Å². The van der Waals surface area contributed by atoms with Crippen LogP contribution in [0.15, 0.2) is 60.1 Å². The van der Waals surface area contributed by atoms with Crippen LogP contribution in [-0.2, 0) is 16.1 Å². The molecule has 0 bridgehead atoms. The van der Waals surface area contributed by atoms with Crippen LogP contribution in [0.1, 0.15) is 24.1 Å². The second-order valence-electron chi connectivity index (χ2n) is 5.86. The van der Waals surface area contributed by atoms with Crippen LogP contribution in [0.5, 0.6) is 0 Å². The van der Waals surface area contributed by atoms with E-state index in [9.17, 15) is 24.8 Å². The number of pyridine rings is 1. The van der Waals surface area contributed by atoms with Crippen molar-refractivity contribution in [2.45, 2.75) is 19.5 Å². The Morgan fingerprint density at radius 2 is 2.00 bits per heavy atom. The van der Waals surface area contributed by atoms with Crippen molar-refractivity contribution in [2.24, 2.45) is 0 Å². The Morgan fingerprint density at radius 3 is 2.54 bits per heavy atom. The van der Waals surface area contributed by atoms with E-state index in [1.165, 1.54) is 36.1 Å². The number of nitrogens with zero attached hydrogens (tertiary/aromatic N) is 3. The van der Waals surface area contributed by atoms with Gasteiger partial charge in [0.1, 0.15) is 0 Å². The van der Waals surface area contributed by atoms with Gasteiger partial charge >= 0.3 is 0 Å². The number of non-ortho nitro benzene ring substituents is 1. The van der Waals surface area contributed by atoms with Gasteiger partial charge in [-0.15, -0.1) is 0 Å². The molecule has 1 amide bonds. The van der Waals surface area contributed by atoms with Crippen LogP contribution in [0.2, 0.25) is 0 Å². The maximum absolute atomic E-state index is 12.5. The topological polar surface area (TPSA) is 114 Å². The molecule has 132 valence electrons. The number of hydrogen-bond acceptors (Lipinski definition) is 6. The van der Waals surface area contributed by atoms with E-state index < -0.39 is 28.4 Å². The summed E-state index contributed by atoms with van der Waals surface area (Å²) in [5, 5.41) is 21.0. The van der Waals surface area contributed by atoms with Gasteiger partial charge in [-0.3, -0.25) is 24.7 Å². The largest absolute Gasteiger partial charge is 0.503 e. The van der Waals surface area contributed by atoms with Crippen LogP contribution in [-0.4, -0.2) is 31.6 Å². The molecule has 0 saturated carbocycles. The van der Waals surface area contributed by atoms with E-state index in [4.69, 9.17) is 0 Å². The van der Waals surface area contributed by atoms with Crippen LogP contribution in [0.25, 0.3) is 0 Å². The number of aromatic nitrogens is 1. The number of carbonyl (C=O) groups excluding carboxylic acids is 2. The first-order chi connectivity index (χ1) is 12.4. The van der Waals surface area contributed by atoms with E-state index >= 15 is 0 Å². The van der Waals surface area contributed by atoms with Gasteiger partial charge in [0.2, 0.25) is 0 Å². The molecule has 1 aromatic heterocycles. The van der Waals surface area contributed by atoms with Crippen molar-refractivity contribution in [3.63, 3.8) is 0 Å². The molecule has 1 N–H and O–H groups in total. The molecule has 26 heavy (non-hydrogen) atoms. The van der Waals surface area contributed by atoms with E-state index in [1.54, 1.807) is 24.5 Å². The molecule has 1 atom stereocenters. The fraction of sp³-hybridized carbons (Fsp3) is 0.167. The van der Waals surface area contributed by atoms with E-state index in [0.717, 1.165) is 5.56 Å². The number of amides is 1. The lowest BCUT2D eigenvalue weighted by Crippen LogP contribution is -2.30. The Labute approximate surface area is 148 Å². The summed E-state index contributed by atoms with van der Waals surface area (Å²) in [5.41, 5.74) is 1.11. The standard InChI is InChI=1S/C18H15N3O5/c1-11(22)15-16(13-4-6-14(7-5-13)21(25)26)20(18(24)17(15)23)10-12-3-2-8-19-9-12/h2-9,16,23H,10H2,1H3. The fourth-order valence-electron chi connectivity index (χ4n) is 2.99. The molecule has 0 fully saturated rings. The first kappa shape index (κ1) is 17.3. The highest BCUT2D eigenvalue weighted by atomic mass is 16.6. The van der Waals surface area contributed by atoms with Gasteiger partial charge in [-0.25, -0.2) is 0 Å². The Balaban J connectivity index is 2.04. The maximum Gasteiger partial charge on any atom is 0.290 e. The molecule has 1 aromatic carbocycles. The highest BCUT2D eigenvalue weighted by Crippen LogP contribution is 2.39. The third-order valence-corrected chi connectivity index (χ3v) is 4.18. The average molecular weight is 353 g/mol. The summed E-state index contributed by atoms with van der Waals surface area (Å²) in [6.07, 6.45) is 3.18. The predicted molar refractivity (Wildman–Crippen MR) is 91.0 cm³/mol. The van der Waals surface area contributed by atoms with Crippen molar-refractivity contribution >= 4 is 17.4 Å². The SMILES string of the molecule is CC(=O)C1=C(O)C(=O)N(Cc2cccnc2)C1c1ccc([N+](=O)[O-])cc1. The summed E-state index contributed by atoms with van der Waals surface area (Å²) >= 11 is 0. The Bertz CT molecular complexity index is 906. The number of rotatable bonds is 5. The summed E-state index contributed by atoms with van der Waals surface area (Å²) in [7, 11) is 0. The third-order valence-electron chi connectivity index (χ3n) is 4.18. The minimum absolute atomic E-state index is 0.0206. The smallest absolute Gasteiger partial charge is 0.290 e. The van der Waals surface area contributed by atoms with Gasteiger partial charge in [-0.1, -0.05) is 6.07 Å². The zero-order valence-electron chi connectivity index (χ0n) is 13.8. The highest BCUT2D eigenvalue weighted by Gasteiger charge is 2.42. The van der Waals surface area contributed by atoms with Crippen molar-refractivity contribution in [1.82, 2.24) is 9.88 Å². The number of nitro benzene ring substituents is 1. The van der Waals surface area contributed by atoms with Gasteiger partial charge in [0, 0.05) is 31.1 Å². The number of carbonyl (C=O) groups is 2. The molecule has 0 spiro atoms. The number of aliphatic hydroxyl groups is 1.